The topological polar surface area (TPSA) is 92.7 Å². The molecule has 0 saturated heterocycles. The molecular weight excluding hydrogens is 340 g/mol. The molecule has 0 aliphatic heterocycles. The highest BCUT2D eigenvalue weighted by molar-refractivity contribution is 8.00. The van der Waals surface area contributed by atoms with Crippen molar-refractivity contribution in [1.29, 1.82) is 5.26 Å². The zero-order chi connectivity index (χ0) is 15.5. The second-order valence-corrected chi connectivity index (χ2v) is 7.44. The third-order valence-corrected chi connectivity index (χ3v) is 5.85. The number of hydrogen-bond donors (Lipinski definition) is 0. The van der Waals surface area contributed by atoms with Gasteiger partial charge in [0.25, 0.3) is 5.69 Å². The molecule has 9 heteroatoms. The van der Waals surface area contributed by atoms with Crippen LogP contribution in [0.5, 0.6) is 0 Å². The average Bonchev–Trinajstić information content (AvgIpc) is 3.10. The summed E-state index contributed by atoms with van der Waals surface area (Å²) in [7, 11) is 0. The molecule has 1 aromatic carbocycles. The van der Waals surface area contributed by atoms with Gasteiger partial charge in [0.15, 0.2) is 4.34 Å². The van der Waals surface area contributed by atoms with Gasteiger partial charge in [-0.15, -0.1) is 22.7 Å². The first-order valence-corrected chi connectivity index (χ1v) is 8.82. The summed E-state index contributed by atoms with van der Waals surface area (Å²) in [6.45, 7) is 0. The number of rotatable bonds is 5. The minimum atomic E-state index is -0.419. The van der Waals surface area contributed by atoms with E-state index < -0.39 is 4.92 Å². The summed E-state index contributed by atoms with van der Waals surface area (Å²) in [4.78, 5) is 19.1. The van der Waals surface area contributed by atoms with Gasteiger partial charge in [0.1, 0.15) is 5.01 Å². The molecule has 0 N–H and O–H groups in total. The summed E-state index contributed by atoms with van der Waals surface area (Å²) in [5, 5.41) is 22.2. The Morgan fingerprint density at radius 1 is 1.41 bits per heavy atom. The molecule has 0 spiro atoms. The molecule has 0 atom stereocenters. The number of nitriles is 1. The minimum Gasteiger partial charge on any atom is -0.258 e. The Bertz CT molecular complexity index is 881. The molecule has 0 unspecified atom stereocenters. The summed E-state index contributed by atoms with van der Waals surface area (Å²) in [6, 6.07) is 6.78. The van der Waals surface area contributed by atoms with Crippen LogP contribution >= 0.6 is 34.4 Å². The molecule has 2 heterocycles. The van der Waals surface area contributed by atoms with Crippen molar-refractivity contribution in [1.82, 2.24) is 9.97 Å². The van der Waals surface area contributed by atoms with Gasteiger partial charge < -0.3 is 0 Å². The molecule has 3 aromatic rings. The van der Waals surface area contributed by atoms with E-state index in [9.17, 15) is 10.1 Å². The van der Waals surface area contributed by atoms with Crippen molar-refractivity contribution in [3.63, 3.8) is 0 Å². The lowest BCUT2D eigenvalue weighted by Crippen LogP contribution is -1.86. The lowest BCUT2D eigenvalue weighted by molar-refractivity contribution is -0.384. The predicted molar refractivity (Wildman–Crippen MR) is 87.3 cm³/mol. The fourth-order valence-corrected chi connectivity index (χ4v) is 4.54. The number of fused-ring (bicyclic) bond motifs is 1. The van der Waals surface area contributed by atoms with E-state index in [0.717, 1.165) is 19.7 Å². The Balaban J connectivity index is 1.73. The molecule has 0 amide bonds. The van der Waals surface area contributed by atoms with Crippen LogP contribution in [0.15, 0.2) is 27.9 Å². The Kier molecular flexibility index (Phi) is 4.33. The van der Waals surface area contributed by atoms with Crippen LogP contribution in [0.3, 0.4) is 0 Å². The number of benzene rings is 1. The maximum atomic E-state index is 10.8. The summed E-state index contributed by atoms with van der Waals surface area (Å²) >= 11 is 4.53. The van der Waals surface area contributed by atoms with Crippen molar-refractivity contribution in [2.45, 2.75) is 16.5 Å². The van der Waals surface area contributed by atoms with Crippen molar-refractivity contribution in [2.75, 3.05) is 0 Å². The van der Waals surface area contributed by atoms with Gasteiger partial charge in [0.05, 0.1) is 33.3 Å². The summed E-state index contributed by atoms with van der Waals surface area (Å²) < 4.78 is 1.78. The smallest absolute Gasteiger partial charge is 0.258 e. The van der Waals surface area contributed by atoms with E-state index in [2.05, 4.69) is 16.0 Å². The highest BCUT2D eigenvalue weighted by Crippen LogP contribution is 2.33. The molecular formula is C13H8N4O2S3. The van der Waals surface area contributed by atoms with Gasteiger partial charge in [0, 0.05) is 23.3 Å². The van der Waals surface area contributed by atoms with Gasteiger partial charge in [0.2, 0.25) is 0 Å². The number of nitro groups is 1. The maximum Gasteiger partial charge on any atom is 0.271 e. The summed E-state index contributed by atoms with van der Waals surface area (Å²) in [6.07, 6.45) is 0.333. The Morgan fingerprint density at radius 2 is 2.27 bits per heavy atom. The maximum absolute atomic E-state index is 10.8. The fraction of sp³-hybridized carbons (Fsp3) is 0.154. The molecule has 0 radical (unpaired) electrons. The first kappa shape index (κ1) is 14.9. The van der Waals surface area contributed by atoms with Gasteiger partial charge in [-0.05, 0) is 6.07 Å². The largest absolute Gasteiger partial charge is 0.271 e. The Labute approximate surface area is 137 Å². The van der Waals surface area contributed by atoms with Crippen LogP contribution in [0.2, 0.25) is 0 Å². The van der Waals surface area contributed by atoms with Gasteiger partial charge in [-0.1, -0.05) is 11.8 Å². The zero-order valence-electron chi connectivity index (χ0n) is 11.1. The van der Waals surface area contributed by atoms with Crippen molar-refractivity contribution in [3.05, 3.63) is 44.4 Å². The average molecular weight is 348 g/mol. The second-order valence-electron chi connectivity index (χ2n) is 4.25. The van der Waals surface area contributed by atoms with Crippen molar-refractivity contribution >= 4 is 50.3 Å². The number of aromatic nitrogens is 2. The normalized spacial score (nSPS) is 10.7. The minimum absolute atomic E-state index is 0.0509. The monoisotopic (exact) mass is 348 g/mol. The molecule has 0 aliphatic carbocycles. The van der Waals surface area contributed by atoms with Gasteiger partial charge in [-0.25, -0.2) is 9.97 Å². The van der Waals surface area contributed by atoms with E-state index in [1.54, 1.807) is 17.8 Å². The van der Waals surface area contributed by atoms with E-state index in [4.69, 9.17) is 5.26 Å². The van der Waals surface area contributed by atoms with E-state index in [1.807, 2.05) is 5.38 Å². The molecule has 0 aliphatic rings. The standard InChI is InChI=1S/C13H8N4O2S3/c14-4-3-12-15-8(6-20-12)7-21-13-16-10-5-9(17(18)19)1-2-11(10)22-13/h1-2,5-6H,3,7H2. The number of nitrogens with zero attached hydrogens (tertiary/aromatic N) is 4. The SMILES string of the molecule is N#CCc1nc(CSc2nc3cc([N+](=O)[O-])ccc3s2)cs1. The quantitative estimate of drug-likeness (QED) is 0.393. The third-order valence-electron chi connectivity index (χ3n) is 2.74. The second kappa shape index (κ2) is 6.39. The van der Waals surface area contributed by atoms with Crippen molar-refractivity contribution < 1.29 is 4.92 Å². The number of non-ortho nitro benzene ring substituents is 1. The molecule has 3 rings (SSSR count). The molecule has 0 fully saturated rings. The van der Waals surface area contributed by atoms with Crippen LogP contribution in [-0.2, 0) is 12.2 Å². The molecule has 22 heavy (non-hydrogen) atoms. The van der Waals surface area contributed by atoms with Crippen LogP contribution < -0.4 is 0 Å². The van der Waals surface area contributed by atoms with Crippen LogP contribution in [0.1, 0.15) is 10.7 Å². The van der Waals surface area contributed by atoms with Gasteiger partial charge in [-0.3, -0.25) is 10.1 Å². The van der Waals surface area contributed by atoms with Crippen LogP contribution in [0.25, 0.3) is 10.2 Å². The van der Waals surface area contributed by atoms with E-state index >= 15 is 0 Å². The molecule has 110 valence electrons. The molecule has 0 saturated carbocycles. The lowest BCUT2D eigenvalue weighted by atomic mass is 10.3. The Morgan fingerprint density at radius 3 is 3.05 bits per heavy atom. The zero-order valence-corrected chi connectivity index (χ0v) is 13.5. The molecule has 2 aromatic heterocycles. The van der Waals surface area contributed by atoms with Crippen LogP contribution in [0, 0.1) is 21.4 Å². The number of thiazole rings is 2. The van der Waals surface area contributed by atoms with E-state index in [1.165, 1.54) is 34.8 Å². The van der Waals surface area contributed by atoms with Crippen LogP contribution in [0.4, 0.5) is 5.69 Å². The number of hydrogen-bond acceptors (Lipinski definition) is 8. The van der Waals surface area contributed by atoms with E-state index in [-0.39, 0.29) is 5.69 Å². The van der Waals surface area contributed by atoms with Gasteiger partial charge >= 0.3 is 0 Å². The van der Waals surface area contributed by atoms with Crippen molar-refractivity contribution in [2.24, 2.45) is 0 Å². The lowest BCUT2D eigenvalue weighted by Gasteiger charge is -1.92. The fourth-order valence-electron chi connectivity index (χ4n) is 1.77. The first-order chi connectivity index (χ1) is 10.7. The van der Waals surface area contributed by atoms with Gasteiger partial charge in [-0.2, -0.15) is 5.26 Å². The highest BCUT2D eigenvalue weighted by atomic mass is 32.2. The predicted octanol–water partition coefficient (Wildman–Crippen LogP) is 4.02. The highest BCUT2D eigenvalue weighted by Gasteiger charge is 2.11. The third kappa shape index (κ3) is 3.24. The molecule has 6 nitrogen and oxygen atoms in total. The number of nitro benzene ring substituents is 1. The van der Waals surface area contributed by atoms with Crippen molar-refractivity contribution in [3.8, 4) is 6.07 Å². The summed E-state index contributed by atoms with van der Waals surface area (Å²) in [5.41, 5.74) is 1.62. The van der Waals surface area contributed by atoms with E-state index in [0.29, 0.717) is 17.7 Å². The molecule has 0 bridgehead atoms. The Hall–Kier alpha value is -2.02. The van der Waals surface area contributed by atoms with Crippen LogP contribution in [-0.4, -0.2) is 14.9 Å². The number of thioether (sulfide) groups is 1. The summed E-state index contributed by atoms with van der Waals surface area (Å²) in [5.74, 6) is 0.670. The first-order valence-electron chi connectivity index (χ1n) is 6.14.